The molecule has 0 saturated heterocycles. The minimum absolute atomic E-state index is 0.116. The van der Waals surface area contributed by atoms with Crippen molar-refractivity contribution in [2.24, 2.45) is 0 Å². The minimum Gasteiger partial charge on any atom is -0.374 e. The summed E-state index contributed by atoms with van der Waals surface area (Å²) < 4.78 is 6.90. The van der Waals surface area contributed by atoms with E-state index in [0.717, 1.165) is 11.1 Å². The number of ether oxygens (including phenoxy) is 1. The number of benzene rings is 2. The molecule has 3 rings (SSSR count). The topological polar surface area (TPSA) is 64.1 Å². The molecule has 0 aliphatic rings. The Bertz CT molecular complexity index is 970. The summed E-state index contributed by atoms with van der Waals surface area (Å²) in [5.74, 6) is 0. The van der Waals surface area contributed by atoms with Gasteiger partial charge in [0.25, 0.3) is 5.56 Å². The first kappa shape index (κ1) is 16.2. The Balaban J connectivity index is 2.02. The van der Waals surface area contributed by atoms with Gasteiger partial charge in [-0.05, 0) is 37.1 Å². The van der Waals surface area contributed by atoms with Gasteiger partial charge in [0, 0.05) is 0 Å². The van der Waals surface area contributed by atoms with Crippen molar-refractivity contribution >= 4 is 10.9 Å². The Kier molecular flexibility index (Phi) is 4.62. The van der Waals surface area contributed by atoms with Crippen LogP contribution in [-0.2, 0) is 17.9 Å². The quantitative estimate of drug-likeness (QED) is 0.785. The lowest BCUT2D eigenvalue weighted by molar-refractivity contribution is 0.0652. The molecule has 0 amide bonds. The molecule has 3 aromatic rings. The highest BCUT2D eigenvalue weighted by molar-refractivity contribution is 5.76. The molecule has 1 N–H and O–H groups in total. The first-order chi connectivity index (χ1) is 11.6. The van der Waals surface area contributed by atoms with Crippen molar-refractivity contribution in [1.29, 1.82) is 0 Å². The molecule has 0 atom stereocenters. The number of aromatic nitrogens is 2. The Morgan fingerprint density at radius 1 is 1.00 bits per heavy atom. The number of H-pyrrole nitrogens is 1. The van der Waals surface area contributed by atoms with Crippen molar-refractivity contribution < 1.29 is 4.74 Å². The highest BCUT2D eigenvalue weighted by Gasteiger charge is 2.10. The molecule has 0 aliphatic heterocycles. The molecular weight excluding hydrogens is 304 g/mol. The highest BCUT2D eigenvalue weighted by atomic mass is 16.5. The smallest absolute Gasteiger partial charge is 0.329 e. The summed E-state index contributed by atoms with van der Waals surface area (Å²) in [6, 6.07) is 14.7. The zero-order valence-corrected chi connectivity index (χ0v) is 13.8. The summed E-state index contributed by atoms with van der Waals surface area (Å²) in [6.45, 7) is 4.62. The summed E-state index contributed by atoms with van der Waals surface area (Å²) >= 11 is 0. The number of hydrogen-bond acceptors (Lipinski definition) is 3. The standard InChI is InChI=1S/C19H20N2O3/c1-13(2)24-12-15-8-4-3-7-14(15)11-21-18(22)16-9-5-6-10-17(16)20-19(21)23/h3-10,13H,11-12H2,1-2H3,(H,20,23). The Hall–Kier alpha value is -2.66. The van der Waals surface area contributed by atoms with E-state index in [1.807, 2.05) is 38.1 Å². The molecule has 2 aromatic carbocycles. The Morgan fingerprint density at radius 2 is 1.67 bits per heavy atom. The maximum atomic E-state index is 12.6. The molecule has 24 heavy (non-hydrogen) atoms. The van der Waals surface area contributed by atoms with Gasteiger partial charge in [0.2, 0.25) is 0 Å². The molecule has 0 saturated carbocycles. The van der Waals surface area contributed by atoms with Crippen LogP contribution >= 0.6 is 0 Å². The van der Waals surface area contributed by atoms with Crippen LogP contribution in [0.25, 0.3) is 10.9 Å². The minimum atomic E-state index is -0.404. The number of para-hydroxylation sites is 1. The third-order valence-corrected chi connectivity index (χ3v) is 3.91. The number of nitrogens with zero attached hydrogens (tertiary/aromatic N) is 1. The largest absolute Gasteiger partial charge is 0.374 e. The zero-order valence-electron chi connectivity index (χ0n) is 13.8. The summed E-state index contributed by atoms with van der Waals surface area (Å²) in [4.78, 5) is 27.7. The molecule has 5 heteroatoms. The van der Waals surface area contributed by atoms with Crippen LogP contribution in [0.5, 0.6) is 0 Å². The Labute approximate surface area is 139 Å². The van der Waals surface area contributed by atoms with Gasteiger partial charge in [-0.25, -0.2) is 4.79 Å². The van der Waals surface area contributed by atoms with Crippen molar-refractivity contribution in [3.05, 3.63) is 80.5 Å². The van der Waals surface area contributed by atoms with Crippen molar-refractivity contribution in [1.82, 2.24) is 9.55 Å². The maximum Gasteiger partial charge on any atom is 0.329 e. The zero-order chi connectivity index (χ0) is 17.1. The van der Waals surface area contributed by atoms with Crippen LogP contribution in [0.15, 0.2) is 58.1 Å². The lowest BCUT2D eigenvalue weighted by Gasteiger charge is -2.13. The van der Waals surface area contributed by atoms with Crippen molar-refractivity contribution in [2.75, 3.05) is 0 Å². The molecule has 0 unspecified atom stereocenters. The number of rotatable bonds is 5. The van der Waals surface area contributed by atoms with Gasteiger partial charge in [0.05, 0.1) is 30.2 Å². The van der Waals surface area contributed by atoms with Gasteiger partial charge in [0.1, 0.15) is 0 Å². The Morgan fingerprint density at radius 3 is 2.42 bits per heavy atom. The van der Waals surface area contributed by atoms with Crippen LogP contribution in [0.2, 0.25) is 0 Å². The van der Waals surface area contributed by atoms with Crippen molar-refractivity contribution in [3.8, 4) is 0 Å². The second-order valence-electron chi connectivity index (χ2n) is 6.00. The van der Waals surface area contributed by atoms with Gasteiger partial charge in [-0.1, -0.05) is 36.4 Å². The van der Waals surface area contributed by atoms with E-state index in [-0.39, 0.29) is 18.2 Å². The molecule has 5 nitrogen and oxygen atoms in total. The van der Waals surface area contributed by atoms with Crippen molar-refractivity contribution in [2.45, 2.75) is 33.1 Å². The van der Waals surface area contributed by atoms with Gasteiger partial charge in [-0.3, -0.25) is 9.36 Å². The first-order valence-corrected chi connectivity index (χ1v) is 7.96. The van der Waals surface area contributed by atoms with Crippen LogP contribution in [0.3, 0.4) is 0 Å². The van der Waals surface area contributed by atoms with E-state index >= 15 is 0 Å². The predicted molar refractivity (Wildman–Crippen MR) is 94.3 cm³/mol. The lowest BCUT2D eigenvalue weighted by atomic mass is 10.1. The summed E-state index contributed by atoms with van der Waals surface area (Å²) in [6.07, 6.45) is 0.116. The first-order valence-electron chi connectivity index (χ1n) is 7.96. The lowest BCUT2D eigenvalue weighted by Crippen LogP contribution is -2.35. The van der Waals surface area contributed by atoms with Crippen LogP contribution in [-0.4, -0.2) is 15.7 Å². The van der Waals surface area contributed by atoms with E-state index in [4.69, 9.17) is 4.74 Å². The van der Waals surface area contributed by atoms with Gasteiger partial charge in [0.15, 0.2) is 0 Å². The summed E-state index contributed by atoms with van der Waals surface area (Å²) in [5, 5.41) is 0.507. The van der Waals surface area contributed by atoms with Crippen LogP contribution < -0.4 is 11.2 Å². The third-order valence-electron chi connectivity index (χ3n) is 3.91. The second kappa shape index (κ2) is 6.84. The molecule has 0 spiro atoms. The van der Waals surface area contributed by atoms with E-state index in [0.29, 0.717) is 17.5 Å². The average Bonchev–Trinajstić information content (AvgIpc) is 2.57. The van der Waals surface area contributed by atoms with Crippen LogP contribution in [0.1, 0.15) is 25.0 Å². The fourth-order valence-electron chi connectivity index (χ4n) is 2.62. The molecule has 1 aromatic heterocycles. The number of nitrogens with one attached hydrogen (secondary N) is 1. The van der Waals surface area contributed by atoms with E-state index in [2.05, 4.69) is 4.98 Å². The van der Waals surface area contributed by atoms with Crippen LogP contribution in [0, 0.1) is 0 Å². The monoisotopic (exact) mass is 324 g/mol. The highest BCUT2D eigenvalue weighted by Crippen LogP contribution is 2.12. The fraction of sp³-hybridized carbons (Fsp3) is 0.263. The van der Waals surface area contributed by atoms with Crippen molar-refractivity contribution in [3.63, 3.8) is 0 Å². The summed E-state index contributed by atoms with van der Waals surface area (Å²) in [7, 11) is 0. The van der Waals surface area contributed by atoms with E-state index in [9.17, 15) is 9.59 Å². The molecule has 0 bridgehead atoms. The molecule has 124 valence electrons. The van der Waals surface area contributed by atoms with E-state index < -0.39 is 5.69 Å². The summed E-state index contributed by atoms with van der Waals surface area (Å²) in [5.41, 5.74) is 1.75. The number of hydrogen-bond donors (Lipinski definition) is 1. The number of fused-ring (bicyclic) bond motifs is 1. The van der Waals surface area contributed by atoms with Gasteiger partial charge < -0.3 is 9.72 Å². The average molecular weight is 324 g/mol. The van der Waals surface area contributed by atoms with Gasteiger partial charge in [-0.15, -0.1) is 0 Å². The molecule has 0 fully saturated rings. The molecule has 0 radical (unpaired) electrons. The molecule has 0 aliphatic carbocycles. The number of aromatic amines is 1. The SMILES string of the molecule is CC(C)OCc1ccccc1Cn1c(=O)[nH]c2ccccc2c1=O. The fourth-order valence-corrected chi connectivity index (χ4v) is 2.62. The predicted octanol–water partition coefficient (Wildman–Crippen LogP) is 2.66. The third kappa shape index (κ3) is 3.31. The maximum absolute atomic E-state index is 12.6. The second-order valence-corrected chi connectivity index (χ2v) is 6.00. The van der Waals surface area contributed by atoms with Gasteiger partial charge >= 0.3 is 5.69 Å². The van der Waals surface area contributed by atoms with Gasteiger partial charge in [-0.2, -0.15) is 0 Å². The molecule has 1 heterocycles. The van der Waals surface area contributed by atoms with E-state index in [1.54, 1.807) is 24.3 Å². The normalized spacial score (nSPS) is 11.3. The molecular formula is C19H20N2O3. The van der Waals surface area contributed by atoms with Crippen LogP contribution in [0.4, 0.5) is 0 Å². The van der Waals surface area contributed by atoms with E-state index in [1.165, 1.54) is 4.57 Å².